The van der Waals surface area contributed by atoms with Crippen molar-refractivity contribution in [2.75, 3.05) is 5.32 Å². The quantitative estimate of drug-likeness (QED) is 0.851. The van der Waals surface area contributed by atoms with Crippen molar-refractivity contribution in [3.8, 4) is 0 Å². The van der Waals surface area contributed by atoms with Crippen molar-refractivity contribution in [2.45, 2.75) is 20.4 Å². The molecule has 0 unspecified atom stereocenters. The molecule has 2 heterocycles. The van der Waals surface area contributed by atoms with Gasteiger partial charge in [-0.2, -0.15) is 0 Å². The summed E-state index contributed by atoms with van der Waals surface area (Å²) in [5.41, 5.74) is 4.53. The van der Waals surface area contributed by atoms with Crippen LogP contribution in [0.4, 0.5) is 5.69 Å². The van der Waals surface area contributed by atoms with E-state index in [-0.39, 0.29) is 0 Å². The summed E-state index contributed by atoms with van der Waals surface area (Å²) in [6.45, 7) is 4.85. The van der Waals surface area contributed by atoms with Gasteiger partial charge in [0.25, 0.3) is 0 Å². The van der Waals surface area contributed by atoms with Crippen molar-refractivity contribution >= 4 is 5.69 Å². The zero-order valence-electron chi connectivity index (χ0n) is 9.57. The fourth-order valence-electron chi connectivity index (χ4n) is 1.45. The summed E-state index contributed by atoms with van der Waals surface area (Å²) < 4.78 is 0. The van der Waals surface area contributed by atoms with E-state index in [0.29, 0.717) is 0 Å². The molecule has 0 fully saturated rings. The Hall–Kier alpha value is -1.90. The van der Waals surface area contributed by atoms with Crippen LogP contribution >= 0.6 is 0 Å². The van der Waals surface area contributed by atoms with Crippen LogP contribution in [0.3, 0.4) is 0 Å². The lowest BCUT2D eigenvalue weighted by Gasteiger charge is -2.08. The first-order chi connectivity index (χ1) is 7.75. The lowest BCUT2D eigenvalue weighted by atomic mass is 10.1. The topological polar surface area (TPSA) is 37.8 Å². The van der Waals surface area contributed by atoms with Gasteiger partial charge in [-0.1, -0.05) is 0 Å². The van der Waals surface area contributed by atoms with Gasteiger partial charge in [-0.3, -0.25) is 9.97 Å². The van der Waals surface area contributed by atoms with E-state index in [2.05, 4.69) is 22.2 Å². The third-order valence-electron chi connectivity index (χ3n) is 2.54. The van der Waals surface area contributed by atoms with Crippen LogP contribution in [0.15, 0.2) is 36.8 Å². The summed E-state index contributed by atoms with van der Waals surface area (Å²) in [5, 5.41) is 3.33. The minimum atomic E-state index is 0.782. The van der Waals surface area contributed by atoms with Gasteiger partial charge in [-0.25, -0.2) is 0 Å². The monoisotopic (exact) mass is 213 g/mol. The maximum Gasteiger partial charge on any atom is 0.0529 e. The Morgan fingerprint density at radius 2 is 2.00 bits per heavy atom. The molecule has 0 saturated heterocycles. The maximum atomic E-state index is 4.24. The molecule has 3 heteroatoms. The number of hydrogen-bond acceptors (Lipinski definition) is 3. The van der Waals surface area contributed by atoms with Crippen molar-refractivity contribution in [3.63, 3.8) is 0 Å². The van der Waals surface area contributed by atoms with Gasteiger partial charge in [-0.05, 0) is 43.2 Å². The lowest BCUT2D eigenvalue weighted by Crippen LogP contribution is -2.02. The first kappa shape index (κ1) is 10.6. The molecule has 0 aliphatic rings. The smallest absolute Gasteiger partial charge is 0.0529 e. The number of aromatic nitrogens is 2. The van der Waals surface area contributed by atoms with E-state index in [0.717, 1.165) is 17.9 Å². The van der Waals surface area contributed by atoms with Crippen molar-refractivity contribution < 1.29 is 0 Å². The van der Waals surface area contributed by atoms with E-state index in [1.54, 1.807) is 0 Å². The Morgan fingerprint density at radius 3 is 2.69 bits per heavy atom. The second-order valence-electron chi connectivity index (χ2n) is 3.84. The van der Waals surface area contributed by atoms with Gasteiger partial charge in [0.2, 0.25) is 0 Å². The number of hydrogen-bond donors (Lipinski definition) is 1. The summed E-state index contributed by atoms with van der Waals surface area (Å²) in [4.78, 5) is 8.35. The minimum Gasteiger partial charge on any atom is -0.380 e. The summed E-state index contributed by atoms with van der Waals surface area (Å²) in [5.74, 6) is 0. The molecule has 2 aromatic heterocycles. The molecule has 3 nitrogen and oxygen atoms in total. The molecule has 82 valence electrons. The molecule has 0 aromatic carbocycles. The Morgan fingerprint density at radius 1 is 1.12 bits per heavy atom. The molecule has 0 saturated carbocycles. The molecular formula is C13H15N3. The zero-order chi connectivity index (χ0) is 11.4. The predicted octanol–water partition coefficient (Wildman–Crippen LogP) is 2.71. The van der Waals surface area contributed by atoms with E-state index in [9.17, 15) is 0 Å². The van der Waals surface area contributed by atoms with Crippen molar-refractivity contribution in [3.05, 3.63) is 53.6 Å². The summed E-state index contributed by atoms with van der Waals surface area (Å²) in [6.07, 6.45) is 5.55. The molecule has 0 amide bonds. The van der Waals surface area contributed by atoms with Crippen molar-refractivity contribution in [1.29, 1.82) is 0 Å². The highest BCUT2D eigenvalue weighted by atomic mass is 14.9. The van der Waals surface area contributed by atoms with Crippen LogP contribution < -0.4 is 5.32 Å². The SMILES string of the molecule is Cc1ccc(NCc2cnccc2C)cn1. The summed E-state index contributed by atoms with van der Waals surface area (Å²) in [7, 11) is 0. The second-order valence-corrected chi connectivity index (χ2v) is 3.84. The third kappa shape index (κ3) is 2.57. The van der Waals surface area contributed by atoms with Crippen LogP contribution in [0, 0.1) is 13.8 Å². The highest BCUT2D eigenvalue weighted by Crippen LogP contribution is 2.10. The van der Waals surface area contributed by atoms with Crippen LogP contribution in [0.1, 0.15) is 16.8 Å². The number of pyridine rings is 2. The van der Waals surface area contributed by atoms with E-state index < -0.39 is 0 Å². The van der Waals surface area contributed by atoms with Crippen LogP contribution in [0.25, 0.3) is 0 Å². The van der Waals surface area contributed by atoms with E-state index >= 15 is 0 Å². The molecule has 0 bridgehead atoms. The van der Waals surface area contributed by atoms with Crippen LogP contribution in [0.5, 0.6) is 0 Å². The average Bonchev–Trinajstić information content (AvgIpc) is 2.30. The number of rotatable bonds is 3. The lowest BCUT2D eigenvalue weighted by molar-refractivity contribution is 1.07. The molecule has 0 radical (unpaired) electrons. The number of nitrogens with zero attached hydrogens (tertiary/aromatic N) is 2. The fraction of sp³-hybridized carbons (Fsp3) is 0.231. The zero-order valence-corrected chi connectivity index (χ0v) is 9.57. The van der Waals surface area contributed by atoms with Crippen molar-refractivity contribution in [1.82, 2.24) is 9.97 Å². The maximum absolute atomic E-state index is 4.24. The molecule has 1 N–H and O–H groups in total. The van der Waals surface area contributed by atoms with Gasteiger partial charge in [0.1, 0.15) is 0 Å². The van der Waals surface area contributed by atoms with Gasteiger partial charge in [0, 0.05) is 24.6 Å². The van der Waals surface area contributed by atoms with Crippen LogP contribution in [0.2, 0.25) is 0 Å². The van der Waals surface area contributed by atoms with Crippen LogP contribution in [-0.4, -0.2) is 9.97 Å². The Balaban J connectivity index is 2.02. The Kier molecular flexibility index (Phi) is 3.15. The molecule has 0 atom stereocenters. The van der Waals surface area contributed by atoms with E-state index in [4.69, 9.17) is 0 Å². The largest absolute Gasteiger partial charge is 0.380 e. The number of anilines is 1. The normalized spacial score (nSPS) is 10.1. The Bertz CT molecular complexity index is 463. The fourth-order valence-corrected chi connectivity index (χ4v) is 1.45. The molecule has 0 aliphatic heterocycles. The molecule has 16 heavy (non-hydrogen) atoms. The van der Waals surface area contributed by atoms with Gasteiger partial charge < -0.3 is 5.32 Å². The summed E-state index contributed by atoms with van der Waals surface area (Å²) >= 11 is 0. The molecule has 0 aliphatic carbocycles. The van der Waals surface area contributed by atoms with Gasteiger partial charge in [0.15, 0.2) is 0 Å². The Labute approximate surface area is 95.6 Å². The van der Waals surface area contributed by atoms with Crippen molar-refractivity contribution in [2.24, 2.45) is 0 Å². The van der Waals surface area contributed by atoms with Crippen LogP contribution in [-0.2, 0) is 6.54 Å². The highest BCUT2D eigenvalue weighted by Gasteiger charge is 1.97. The number of nitrogens with one attached hydrogen (secondary N) is 1. The van der Waals surface area contributed by atoms with Gasteiger partial charge in [-0.15, -0.1) is 0 Å². The summed E-state index contributed by atoms with van der Waals surface area (Å²) in [6, 6.07) is 6.05. The first-order valence-electron chi connectivity index (χ1n) is 5.32. The molecule has 2 rings (SSSR count). The third-order valence-corrected chi connectivity index (χ3v) is 2.54. The van der Waals surface area contributed by atoms with E-state index in [1.165, 1.54) is 11.1 Å². The molecule has 0 spiro atoms. The minimum absolute atomic E-state index is 0.782. The molecular weight excluding hydrogens is 198 g/mol. The standard InChI is InChI=1S/C13H15N3/c1-10-5-6-14-7-12(10)8-16-13-4-3-11(2)15-9-13/h3-7,9,16H,8H2,1-2H3. The highest BCUT2D eigenvalue weighted by molar-refractivity contribution is 5.42. The van der Waals surface area contributed by atoms with Gasteiger partial charge >= 0.3 is 0 Å². The van der Waals surface area contributed by atoms with Gasteiger partial charge in [0.05, 0.1) is 11.9 Å². The second kappa shape index (κ2) is 4.75. The average molecular weight is 213 g/mol. The first-order valence-corrected chi connectivity index (χ1v) is 5.32. The number of aryl methyl sites for hydroxylation is 2. The van der Waals surface area contributed by atoms with E-state index in [1.807, 2.05) is 43.7 Å². The molecule has 2 aromatic rings. The predicted molar refractivity (Wildman–Crippen MR) is 65.3 cm³/mol.